The Morgan fingerprint density at radius 3 is 2.56 bits per heavy atom. The molecule has 0 saturated heterocycles. The van der Waals surface area contributed by atoms with Crippen LogP contribution in [0.15, 0.2) is 54.7 Å². The van der Waals surface area contributed by atoms with Crippen LogP contribution < -0.4 is 0 Å². The van der Waals surface area contributed by atoms with Crippen molar-refractivity contribution in [1.29, 1.82) is 0 Å². The molecule has 0 aliphatic heterocycles. The molecule has 27 heavy (non-hydrogen) atoms. The van der Waals surface area contributed by atoms with Crippen LogP contribution in [0.25, 0.3) is 32.8 Å². The van der Waals surface area contributed by atoms with Gasteiger partial charge < -0.3 is 0 Å². The van der Waals surface area contributed by atoms with Gasteiger partial charge in [0.1, 0.15) is 0 Å². The Morgan fingerprint density at radius 1 is 0.852 bits per heavy atom. The molecule has 0 bridgehead atoms. The summed E-state index contributed by atoms with van der Waals surface area (Å²) >= 11 is 0. The van der Waals surface area contributed by atoms with E-state index in [2.05, 4.69) is 69.3 Å². The molecule has 0 radical (unpaired) electrons. The van der Waals surface area contributed by atoms with Crippen LogP contribution in [0, 0.1) is 6.92 Å². The largest absolute Gasteiger partial charge is 0.256 e. The first kappa shape index (κ1) is 16.5. The van der Waals surface area contributed by atoms with Gasteiger partial charge in [-0.2, -0.15) is 0 Å². The van der Waals surface area contributed by atoms with Crippen LogP contribution in [0.2, 0.25) is 0 Å². The summed E-state index contributed by atoms with van der Waals surface area (Å²) in [5.74, 6) is 0.551. The summed E-state index contributed by atoms with van der Waals surface area (Å²) in [4.78, 5) is 4.83. The molecule has 0 atom stereocenters. The highest BCUT2D eigenvalue weighted by atomic mass is 14.7. The van der Waals surface area contributed by atoms with Gasteiger partial charge in [-0.1, -0.05) is 49.7 Å². The SMILES string of the molecule is Cc1ccc2c(ccc3c(-c4cc5c(c(C(C)C)c4)CCC5)nccc32)c1. The van der Waals surface area contributed by atoms with Crippen LogP contribution in [0.5, 0.6) is 0 Å². The number of nitrogens with zero attached hydrogens (tertiary/aromatic N) is 1. The second kappa shape index (κ2) is 6.20. The zero-order valence-electron chi connectivity index (χ0n) is 16.3. The smallest absolute Gasteiger partial charge is 0.0780 e. The van der Waals surface area contributed by atoms with Crippen LogP contribution in [0.1, 0.15) is 48.4 Å². The fourth-order valence-electron chi connectivity index (χ4n) is 4.74. The zero-order chi connectivity index (χ0) is 18.5. The van der Waals surface area contributed by atoms with Gasteiger partial charge in [0.2, 0.25) is 0 Å². The summed E-state index contributed by atoms with van der Waals surface area (Å²) in [6.45, 7) is 6.77. The van der Waals surface area contributed by atoms with E-state index >= 15 is 0 Å². The Morgan fingerprint density at radius 2 is 1.70 bits per heavy atom. The minimum Gasteiger partial charge on any atom is -0.256 e. The summed E-state index contributed by atoms with van der Waals surface area (Å²) < 4.78 is 0. The molecule has 1 aromatic heterocycles. The molecule has 1 aliphatic rings. The van der Waals surface area contributed by atoms with E-state index < -0.39 is 0 Å². The van der Waals surface area contributed by atoms with Gasteiger partial charge in [0.15, 0.2) is 0 Å². The van der Waals surface area contributed by atoms with Crippen LogP contribution in [-0.4, -0.2) is 4.98 Å². The number of rotatable bonds is 2. The van der Waals surface area contributed by atoms with Crippen molar-refractivity contribution < 1.29 is 0 Å². The molecule has 1 heterocycles. The van der Waals surface area contributed by atoms with Crippen LogP contribution in [-0.2, 0) is 12.8 Å². The molecule has 1 aliphatic carbocycles. The van der Waals surface area contributed by atoms with Crippen LogP contribution in [0.3, 0.4) is 0 Å². The topological polar surface area (TPSA) is 12.9 Å². The fourth-order valence-corrected chi connectivity index (χ4v) is 4.74. The maximum atomic E-state index is 4.83. The summed E-state index contributed by atoms with van der Waals surface area (Å²) in [6, 6.07) is 18.2. The van der Waals surface area contributed by atoms with Gasteiger partial charge in [0, 0.05) is 17.1 Å². The monoisotopic (exact) mass is 351 g/mol. The summed E-state index contributed by atoms with van der Waals surface area (Å²) in [6.07, 6.45) is 5.69. The van der Waals surface area contributed by atoms with Crippen molar-refractivity contribution in [1.82, 2.24) is 4.98 Å². The zero-order valence-corrected chi connectivity index (χ0v) is 16.3. The highest BCUT2D eigenvalue weighted by molar-refractivity contribution is 6.11. The van der Waals surface area contributed by atoms with Crippen molar-refractivity contribution in [3.8, 4) is 11.3 Å². The second-order valence-electron chi connectivity index (χ2n) is 8.26. The Hall–Kier alpha value is -2.67. The van der Waals surface area contributed by atoms with Gasteiger partial charge in [-0.3, -0.25) is 4.98 Å². The van der Waals surface area contributed by atoms with Gasteiger partial charge in [0.05, 0.1) is 5.69 Å². The molecule has 1 nitrogen and oxygen atoms in total. The normalized spacial score (nSPS) is 13.6. The van der Waals surface area contributed by atoms with E-state index in [1.807, 2.05) is 6.20 Å². The lowest BCUT2D eigenvalue weighted by atomic mass is 9.90. The average Bonchev–Trinajstić information content (AvgIpc) is 3.14. The van der Waals surface area contributed by atoms with Gasteiger partial charge in [-0.15, -0.1) is 0 Å². The Kier molecular flexibility index (Phi) is 3.79. The molecule has 0 fully saturated rings. The van der Waals surface area contributed by atoms with E-state index in [1.165, 1.54) is 63.1 Å². The molecule has 0 N–H and O–H groups in total. The minimum atomic E-state index is 0.551. The number of benzene rings is 3. The Balaban J connectivity index is 1.79. The third-order valence-corrected chi connectivity index (χ3v) is 6.06. The number of hydrogen-bond donors (Lipinski definition) is 0. The quantitative estimate of drug-likeness (QED) is 0.355. The van der Waals surface area contributed by atoms with E-state index in [0.717, 1.165) is 5.69 Å². The summed E-state index contributed by atoms with van der Waals surface area (Å²) in [7, 11) is 0. The van der Waals surface area contributed by atoms with E-state index in [1.54, 1.807) is 5.56 Å². The summed E-state index contributed by atoms with van der Waals surface area (Å²) in [5.41, 5.74) is 8.33. The molecular weight excluding hydrogens is 326 g/mol. The molecule has 0 unspecified atom stereocenters. The van der Waals surface area contributed by atoms with Crippen LogP contribution in [0.4, 0.5) is 0 Å². The first-order valence-corrected chi connectivity index (χ1v) is 10.1. The predicted molar refractivity (Wildman–Crippen MR) is 116 cm³/mol. The highest BCUT2D eigenvalue weighted by Crippen LogP contribution is 2.37. The Bertz CT molecular complexity index is 1180. The number of hydrogen-bond acceptors (Lipinski definition) is 1. The van der Waals surface area contributed by atoms with Crippen molar-refractivity contribution in [3.05, 3.63) is 77.0 Å². The van der Waals surface area contributed by atoms with Crippen LogP contribution >= 0.6 is 0 Å². The fraction of sp³-hybridized carbons (Fsp3) is 0.269. The van der Waals surface area contributed by atoms with E-state index in [0.29, 0.717) is 5.92 Å². The van der Waals surface area contributed by atoms with Crippen molar-refractivity contribution in [3.63, 3.8) is 0 Å². The first-order valence-electron chi connectivity index (χ1n) is 10.1. The maximum absolute atomic E-state index is 4.83. The molecule has 3 aromatic carbocycles. The third kappa shape index (κ3) is 2.65. The van der Waals surface area contributed by atoms with Crippen molar-refractivity contribution in [2.45, 2.75) is 46.0 Å². The molecule has 0 amide bonds. The number of pyridine rings is 1. The number of fused-ring (bicyclic) bond motifs is 4. The maximum Gasteiger partial charge on any atom is 0.0780 e. The molecule has 134 valence electrons. The minimum absolute atomic E-state index is 0.551. The van der Waals surface area contributed by atoms with Crippen molar-refractivity contribution in [2.75, 3.05) is 0 Å². The van der Waals surface area contributed by atoms with E-state index in [4.69, 9.17) is 4.98 Å². The highest BCUT2D eigenvalue weighted by Gasteiger charge is 2.19. The standard InChI is InChI=1S/C26H25N/c1-16(2)25-15-20(14-18-5-4-6-21(18)25)26-24-10-8-19-13-17(3)7-9-22(19)23(24)11-12-27-26/h7-16H,4-6H2,1-3H3. The lowest BCUT2D eigenvalue weighted by Gasteiger charge is -2.16. The third-order valence-electron chi connectivity index (χ3n) is 6.06. The number of aromatic nitrogens is 1. The second-order valence-corrected chi connectivity index (χ2v) is 8.26. The molecule has 0 saturated carbocycles. The first-order chi connectivity index (χ1) is 13.1. The van der Waals surface area contributed by atoms with E-state index in [-0.39, 0.29) is 0 Å². The van der Waals surface area contributed by atoms with Gasteiger partial charge in [-0.25, -0.2) is 0 Å². The molecule has 1 heteroatoms. The van der Waals surface area contributed by atoms with Gasteiger partial charge in [0.25, 0.3) is 0 Å². The Labute approximate surface area is 161 Å². The molecular formula is C26H25N. The van der Waals surface area contributed by atoms with Crippen molar-refractivity contribution in [2.24, 2.45) is 0 Å². The predicted octanol–water partition coefficient (Wildman–Crippen LogP) is 6.98. The molecule has 5 rings (SSSR count). The molecule has 0 spiro atoms. The average molecular weight is 351 g/mol. The van der Waals surface area contributed by atoms with E-state index in [9.17, 15) is 0 Å². The van der Waals surface area contributed by atoms with Gasteiger partial charge in [-0.05, 0) is 83.2 Å². The van der Waals surface area contributed by atoms with Crippen molar-refractivity contribution >= 4 is 21.5 Å². The number of aryl methyl sites for hydroxylation is 2. The lowest BCUT2D eigenvalue weighted by Crippen LogP contribution is -1.98. The summed E-state index contributed by atoms with van der Waals surface area (Å²) in [5, 5.41) is 5.16. The lowest BCUT2D eigenvalue weighted by molar-refractivity contribution is 0.839. The molecule has 4 aromatic rings. The van der Waals surface area contributed by atoms with Gasteiger partial charge >= 0.3 is 0 Å².